The molecule has 0 aliphatic heterocycles. The largest absolute Gasteiger partial charge is 0.489 e. The normalized spacial score (nSPS) is 11.9. The maximum Gasteiger partial charge on any atom is 0.489 e. The number of hydrogen-bond acceptors (Lipinski definition) is 3. The Balaban J connectivity index is 3.33. The van der Waals surface area contributed by atoms with E-state index in [2.05, 4.69) is 0 Å². The second-order valence-electron chi connectivity index (χ2n) is 3.14. The van der Waals surface area contributed by atoms with Crippen molar-refractivity contribution in [2.45, 2.75) is 12.3 Å². The summed E-state index contributed by atoms with van der Waals surface area (Å²) in [5.41, 5.74) is 3.32. The summed E-state index contributed by atoms with van der Waals surface area (Å²) in [6, 6.07) is 2.45. The lowest BCUT2D eigenvalue weighted by Crippen LogP contribution is -2.39. The Hall–Kier alpha value is -1.28. The van der Waals surface area contributed by atoms with Gasteiger partial charge in [-0.1, -0.05) is 6.07 Å². The highest BCUT2D eigenvalue weighted by Crippen LogP contribution is 2.33. The summed E-state index contributed by atoms with van der Waals surface area (Å²) >= 11 is 0. The SMILES string of the molecule is Nc1ccc(C(F)(F)C(F)F)c(B(O)O)c1. The second-order valence-corrected chi connectivity index (χ2v) is 3.14. The average molecular weight is 237 g/mol. The van der Waals surface area contributed by atoms with Crippen LogP contribution in [0.1, 0.15) is 5.56 Å². The molecule has 0 fully saturated rings. The van der Waals surface area contributed by atoms with Gasteiger partial charge in [-0.2, -0.15) is 8.78 Å². The summed E-state index contributed by atoms with van der Waals surface area (Å²) in [7, 11) is -2.29. The zero-order valence-electron chi connectivity index (χ0n) is 7.87. The van der Waals surface area contributed by atoms with Crippen molar-refractivity contribution in [1.82, 2.24) is 0 Å². The minimum absolute atomic E-state index is 0.0306. The minimum atomic E-state index is -4.45. The number of alkyl halides is 4. The minimum Gasteiger partial charge on any atom is -0.423 e. The third-order valence-electron chi connectivity index (χ3n) is 1.99. The predicted molar refractivity (Wildman–Crippen MR) is 50.6 cm³/mol. The van der Waals surface area contributed by atoms with Crippen molar-refractivity contribution in [2.75, 3.05) is 5.73 Å². The molecule has 0 bridgehead atoms. The van der Waals surface area contributed by atoms with E-state index in [-0.39, 0.29) is 5.69 Å². The molecule has 0 aromatic heterocycles. The molecule has 8 heteroatoms. The summed E-state index contributed by atoms with van der Waals surface area (Å²) < 4.78 is 50.2. The van der Waals surface area contributed by atoms with Gasteiger partial charge in [0.2, 0.25) is 0 Å². The third kappa shape index (κ3) is 2.28. The van der Waals surface area contributed by atoms with Gasteiger partial charge in [0.1, 0.15) is 0 Å². The van der Waals surface area contributed by atoms with E-state index in [1.54, 1.807) is 0 Å². The molecule has 4 N–H and O–H groups in total. The van der Waals surface area contributed by atoms with Crippen molar-refractivity contribution in [3.8, 4) is 0 Å². The van der Waals surface area contributed by atoms with Crippen LogP contribution in [0.2, 0.25) is 0 Å². The molecule has 0 saturated carbocycles. The fourth-order valence-electron chi connectivity index (χ4n) is 1.22. The lowest BCUT2D eigenvalue weighted by Gasteiger charge is -2.19. The van der Waals surface area contributed by atoms with Crippen molar-refractivity contribution < 1.29 is 27.6 Å². The fraction of sp³-hybridized carbons (Fsp3) is 0.250. The van der Waals surface area contributed by atoms with Crippen LogP contribution in [0.4, 0.5) is 23.2 Å². The average Bonchev–Trinajstić information content (AvgIpc) is 2.16. The van der Waals surface area contributed by atoms with Crippen LogP contribution in [-0.2, 0) is 5.92 Å². The van der Waals surface area contributed by atoms with Gasteiger partial charge in [-0.25, -0.2) is 8.78 Å². The molecule has 0 aliphatic carbocycles. The number of anilines is 1. The van der Waals surface area contributed by atoms with E-state index in [1.165, 1.54) is 0 Å². The van der Waals surface area contributed by atoms with E-state index < -0.39 is 30.5 Å². The van der Waals surface area contributed by atoms with Gasteiger partial charge < -0.3 is 15.8 Å². The molecular formula is C8H8BF4NO2. The first kappa shape index (κ1) is 12.8. The Morgan fingerprint density at radius 3 is 2.25 bits per heavy atom. The van der Waals surface area contributed by atoms with E-state index in [9.17, 15) is 17.6 Å². The van der Waals surface area contributed by atoms with Crippen molar-refractivity contribution in [2.24, 2.45) is 0 Å². The van der Waals surface area contributed by atoms with Gasteiger partial charge in [-0.05, 0) is 17.6 Å². The molecule has 0 aliphatic rings. The molecule has 16 heavy (non-hydrogen) atoms. The first-order chi connectivity index (χ1) is 7.26. The Bertz CT molecular complexity index is 386. The van der Waals surface area contributed by atoms with Crippen LogP contribution in [0.5, 0.6) is 0 Å². The Kier molecular flexibility index (Phi) is 3.44. The maximum absolute atomic E-state index is 13.0. The molecule has 0 saturated heterocycles. The van der Waals surface area contributed by atoms with Crippen LogP contribution >= 0.6 is 0 Å². The molecule has 0 radical (unpaired) electrons. The second kappa shape index (κ2) is 4.30. The maximum atomic E-state index is 13.0. The zero-order valence-corrected chi connectivity index (χ0v) is 7.87. The van der Waals surface area contributed by atoms with Crippen LogP contribution in [0, 0.1) is 0 Å². The van der Waals surface area contributed by atoms with E-state index in [4.69, 9.17) is 15.8 Å². The van der Waals surface area contributed by atoms with E-state index in [1.807, 2.05) is 0 Å². The highest BCUT2D eigenvalue weighted by atomic mass is 19.3. The van der Waals surface area contributed by atoms with Crippen LogP contribution < -0.4 is 11.2 Å². The molecule has 1 aromatic rings. The zero-order chi connectivity index (χ0) is 12.5. The van der Waals surface area contributed by atoms with Crippen LogP contribution in [0.15, 0.2) is 18.2 Å². The highest BCUT2D eigenvalue weighted by Gasteiger charge is 2.45. The molecule has 0 spiro atoms. The Morgan fingerprint density at radius 2 is 1.81 bits per heavy atom. The number of nitrogens with two attached hydrogens (primary N) is 1. The van der Waals surface area contributed by atoms with Gasteiger partial charge in [-0.15, -0.1) is 0 Å². The molecule has 0 heterocycles. The van der Waals surface area contributed by atoms with Crippen LogP contribution in [0.25, 0.3) is 0 Å². The number of nitrogen functional groups attached to an aromatic ring is 1. The molecule has 1 aromatic carbocycles. The first-order valence-corrected chi connectivity index (χ1v) is 4.18. The molecule has 3 nitrogen and oxygen atoms in total. The van der Waals surface area contributed by atoms with Gasteiger partial charge in [-0.3, -0.25) is 0 Å². The lowest BCUT2D eigenvalue weighted by atomic mass is 9.75. The number of benzene rings is 1. The van der Waals surface area contributed by atoms with Crippen molar-refractivity contribution in [1.29, 1.82) is 0 Å². The Morgan fingerprint density at radius 1 is 1.25 bits per heavy atom. The highest BCUT2D eigenvalue weighted by molar-refractivity contribution is 6.59. The van der Waals surface area contributed by atoms with E-state index in [0.717, 1.165) is 12.1 Å². The summed E-state index contributed by atoms with van der Waals surface area (Å²) in [5, 5.41) is 17.6. The Labute approximate surface area is 88.6 Å². The molecule has 88 valence electrons. The van der Waals surface area contributed by atoms with Gasteiger partial charge in [0, 0.05) is 11.3 Å². The summed E-state index contributed by atoms with van der Waals surface area (Å²) in [6.07, 6.45) is -3.94. The molecule has 1 rings (SSSR count). The lowest BCUT2D eigenvalue weighted by molar-refractivity contribution is -0.134. The number of hydrogen-bond donors (Lipinski definition) is 3. The first-order valence-electron chi connectivity index (χ1n) is 4.18. The predicted octanol–water partition coefficient (Wildman–Crippen LogP) is 0.306. The molecule has 0 amide bonds. The van der Waals surface area contributed by atoms with Crippen LogP contribution in [-0.4, -0.2) is 23.6 Å². The molecule has 0 atom stereocenters. The third-order valence-corrected chi connectivity index (χ3v) is 1.99. The molecule has 0 unspecified atom stereocenters. The summed E-state index contributed by atoms with van der Waals surface area (Å²) in [6.45, 7) is 0. The van der Waals surface area contributed by atoms with Gasteiger partial charge in [0.25, 0.3) is 0 Å². The van der Waals surface area contributed by atoms with Crippen LogP contribution in [0.3, 0.4) is 0 Å². The van der Waals surface area contributed by atoms with Gasteiger partial charge in [0.15, 0.2) is 0 Å². The topological polar surface area (TPSA) is 66.5 Å². The number of halogens is 4. The fourth-order valence-corrected chi connectivity index (χ4v) is 1.22. The van der Waals surface area contributed by atoms with Crippen molar-refractivity contribution >= 4 is 18.3 Å². The summed E-state index contributed by atoms with van der Waals surface area (Å²) in [5.74, 6) is -4.45. The molecular weight excluding hydrogens is 229 g/mol. The van der Waals surface area contributed by atoms with Gasteiger partial charge >= 0.3 is 19.5 Å². The van der Waals surface area contributed by atoms with E-state index >= 15 is 0 Å². The standard InChI is InChI=1S/C8H8BF4NO2/c10-7(11)8(12,13)5-2-1-4(14)3-6(5)9(15)16/h1-3,7,15-16H,14H2. The van der Waals surface area contributed by atoms with Crippen molar-refractivity contribution in [3.63, 3.8) is 0 Å². The monoisotopic (exact) mass is 237 g/mol. The smallest absolute Gasteiger partial charge is 0.423 e. The van der Waals surface area contributed by atoms with Crippen molar-refractivity contribution in [3.05, 3.63) is 23.8 Å². The van der Waals surface area contributed by atoms with Gasteiger partial charge in [0.05, 0.1) is 0 Å². The quantitative estimate of drug-likeness (QED) is 0.402. The van der Waals surface area contributed by atoms with E-state index in [0.29, 0.717) is 6.07 Å². The summed E-state index contributed by atoms with van der Waals surface area (Å²) in [4.78, 5) is 0. The number of rotatable bonds is 3.